The van der Waals surface area contributed by atoms with Crippen molar-refractivity contribution in [1.82, 2.24) is 13.5 Å². The van der Waals surface area contributed by atoms with E-state index in [2.05, 4.69) is 4.98 Å². The lowest BCUT2D eigenvalue weighted by Gasteiger charge is -2.08. The van der Waals surface area contributed by atoms with Crippen molar-refractivity contribution >= 4 is 49.8 Å². The molecule has 222 valence electrons. The third-order valence-corrected chi connectivity index (χ3v) is 10.1. The van der Waals surface area contributed by atoms with Gasteiger partial charge in [0.05, 0.1) is 22.0 Å². The number of rotatable bonds is 9. The number of fused-ring (bicyclic) bond motifs is 1. The first kappa shape index (κ1) is 29.6. The number of ketones is 1. The SMILES string of the molecule is O=C(CCc1ccc(-c2cn(S(=O)(=O)c3ccccc3)c3ncc(Cl)cc23)s1)c1cccn(Cc2ccc(F)c(F)c2)c1=O. The minimum Gasteiger partial charge on any atom is -0.310 e. The predicted molar refractivity (Wildman–Crippen MR) is 166 cm³/mol. The van der Waals surface area contributed by atoms with Gasteiger partial charge in [-0.15, -0.1) is 11.3 Å². The van der Waals surface area contributed by atoms with E-state index in [1.165, 1.54) is 58.8 Å². The zero-order chi connectivity index (χ0) is 31.0. The maximum Gasteiger partial charge on any atom is 0.269 e. The van der Waals surface area contributed by atoms with E-state index in [4.69, 9.17) is 11.6 Å². The third-order valence-electron chi connectivity index (χ3n) is 7.06. The third kappa shape index (κ3) is 5.73. The van der Waals surface area contributed by atoms with Gasteiger partial charge in [0.1, 0.15) is 0 Å². The number of nitrogens with zero attached hydrogens (tertiary/aromatic N) is 3. The fourth-order valence-electron chi connectivity index (χ4n) is 4.88. The van der Waals surface area contributed by atoms with E-state index in [0.29, 0.717) is 28.0 Å². The summed E-state index contributed by atoms with van der Waals surface area (Å²) in [5, 5.41) is 0.918. The summed E-state index contributed by atoms with van der Waals surface area (Å²) in [4.78, 5) is 32.1. The first-order valence-corrected chi connectivity index (χ1v) is 16.0. The fourth-order valence-corrected chi connectivity index (χ4v) is 7.41. The number of aromatic nitrogens is 3. The van der Waals surface area contributed by atoms with Crippen LogP contribution in [-0.2, 0) is 23.0 Å². The van der Waals surface area contributed by atoms with Gasteiger partial charge in [0.25, 0.3) is 15.6 Å². The van der Waals surface area contributed by atoms with Crippen molar-refractivity contribution in [2.75, 3.05) is 0 Å². The summed E-state index contributed by atoms with van der Waals surface area (Å²) in [6, 6.07) is 19.8. The lowest BCUT2D eigenvalue weighted by molar-refractivity contribution is 0.0981. The second-order valence-electron chi connectivity index (χ2n) is 9.97. The highest BCUT2D eigenvalue weighted by Gasteiger charge is 2.24. The lowest BCUT2D eigenvalue weighted by atomic mass is 10.1. The highest BCUT2D eigenvalue weighted by Crippen LogP contribution is 2.37. The van der Waals surface area contributed by atoms with Crippen LogP contribution in [0.5, 0.6) is 0 Å². The minimum absolute atomic E-state index is 0.00164. The average molecular weight is 650 g/mol. The normalized spacial score (nSPS) is 11.7. The standard InChI is InChI=1S/C32H22ClF2N3O4S2/c33-21-16-25-26(19-38(31(25)36-17-21)44(41,42)23-5-2-1-3-6-23)30-13-10-22(43-30)9-12-29(39)24-7-4-14-37(32(24)40)18-20-8-11-27(34)28(35)15-20/h1-8,10-11,13-17,19H,9,12,18H2. The number of carbonyl (C=O) groups excluding carboxylic acids is 1. The molecule has 6 aromatic rings. The molecule has 0 aliphatic carbocycles. The molecule has 7 nitrogen and oxygen atoms in total. The number of carbonyl (C=O) groups is 1. The molecule has 4 heterocycles. The zero-order valence-electron chi connectivity index (χ0n) is 22.8. The quantitative estimate of drug-likeness (QED) is 0.158. The van der Waals surface area contributed by atoms with Crippen molar-refractivity contribution in [2.45, 2.75) is 24.3 Å². The van der Waals surface area contributed by atoms with Gasteiger partial charge in [-0.3, -0.25) is 9.59 Å². The van der Waals surface area contributed by atoms with Gasteiger partial charge in [0, 0.05) is 45.7 Å². The maximum atomic E-state index is 13.6. The van der Waals surface area contributed by atoms with Gasteiger partial charge in [-0.1, -0.05) is 35.9 Å². The Morgan fingerprint density at radius 1 is 0.955 bits per heavy atom. The molecule has 0 N–H and O–H groups in total. The minimum atomic E-state index is -3.94. The first-order chi connectivity index (χ1) is 21.1. The summed E-state index contributed by atoms with van der Waals surface area (Å²) in [6.45, 7) is -0.0160. The second-order valence-corrected chi connectivity index (χ2v) is 13.4. The Morgan fingerprint density at radius 3 is 2.52 bits per heavy atom. The molecule has 0 saturated heterocycles. The van der Waals surface area contributed by atoms with Gasteiger partial charge in [-0.25, -0.2) is 26.2 Å². The zero-order valence-corrected chi connectivity index (χ0v) is 25.2. The predicted octanol–water partition coefficient (Wildman–Crippen LogP) is 6.96. The molecule has 44 heavy (non-hydrogen) atoms. The van der Waals surface area contributed by atoms with Crippen LogP contribution in [0.2, 0.25) is 5.02 Å². The number of thiophene rings is 1. The summed E-state index contributed by atoms with van der Waals surface area (Å²) in [5.41, 5.74) is 0.728. The van der Waals surface area contributed by atoms with Crippen molar-refractivity contribution in [2.24, 2.45) is 0 Å². The lowest BCUT2D eigenvalue weighted by Crippen LogP contribution is -2.26. The van der Waals surface area contributed by atoms with Crippen molar-refractivity contribution in [3.63, 3.8) is 0 Å². The molecule has 2 aromatic carbocycles. The Bertz CT molecular complexity index is 2210. The molecule has 0 radical (unpaired) electrons. The van der Waals surface area contributed by atoms with Crippen LogP contribution in [-0.4, -0.2) is 27.7 Å². The molecule has 0 spiro atoms. The maximum absolute atomic E-state index is 13.6. The molecule has 0 saturated carbocycles. The summed E-state index contributed by atoms with van der Waals surface area (Å²) < 4.78 is 56.3. The second kappa shape index (κ2) is 11.9. The number of hydrogen-bond donors (Lipinski definition) is 0. The van der Waals surface area contributed by atoms with Crippen LogP contribution in [0.1, 0.15) is 27.2 Å². The molecule has 0 aliphatic rings. The van der Waals surface area contributed by atoms with Gasteiger partial charge < -0.3 is 4.57 Å². The van der Waals surface area contributed by atoms with Crippen LogP contribution in [0.25, 0.3) is 21.5 Å². The first-order valence-electron chi connectivity index (χ1n) is 13.3. The van der Waals surface area contributed by atoms with Gasteiger partial charge in [0.2, 0.25) is 0 Å². The Kier molecular flexibility index (Phi) is 8.02. The van der Waals surface area contributed by atoms with Crippen molar-refractivity contribution in [1.29, 1.82) is 0 Å². The summed E-state index contributed by atoms with van der Waals surface area (Å²) in [6.07, 6.45) is 4.81. The molecule has 0 bridgehead atoms. The monoisotopic (exact) mass is 649 g/mol. The molecule has 12 heteroatoms. The summed E-state index contributed by atoms with van der Waals surface area (Å²) >= 11 is 7.63. The Morgan fingerprint density at radius 2 is 1.75 bits per heavy atom. The van der Waals surface area contributed by atoms with Crippen LogP contribution in [0, 0.1) is 11.6 Å². The van der Waals surface area contributed by atoms with Crippen molar-refractivity contribution in [3.8, 4) is 10.4 Å². The van der Waals surface area contributed by atoms with Crippen LogP contribution in [0.15, 0.2) is 107 Å². The Hall–Kier alpha value is -4.45. The van der Waals surface area contributed by atoms with E-state index in [1.807, 2.05) is 12.1 Å². The van der Waals surface area contributed by atoms with E-state index in [1.54, 1.807) is 30.3 Å². The average Bonchev–Trinajstić information content (AvgIpc) is 3.64. The highest BCUT2D eigenvalue weighted by atomic mass is 35.5. The number of Topliss-reactive ketones (excluding diaryl/α,β-unsaturated/α-hetero) is 1. The summed E-state index contributed by atoms with van der Waals surface area (Å²) in [7, 11) is -3.94. The molecular weight excluding hydrogens is 628 g/mol. The number of benzene rings is 2. The van der Waals surface area contributed by atoms with Crippen molar-refractivity contribution in [3.05, 3.63) is 140 Å². The molecule has 0 amide bonds. The van der Waals surface area contributed by atoms with Gasteiger partial charge in [0.15, 0.2) is 23.1 Å². The van der Waals surface area contributed by atoms with Crippen LogP contribution < -0.4 is 5.56 Å². The molecular formula is C32H22ClF2N3O4S2. The van der Waals surface area contributed by atoms with Crippen LogP contribution in [0.3, 0.4) is 0 Å². The molecule has 0 unspecified atom stereocenters. The number of aryl methyl sites for hydroxylation is 1. The van der Waals surface area contributed by atoms with Gasteiger partial charge in [-0.05, 0) is 66.6 Å². The molecule has 0 aliphatic heterocycles. The van der Waals surface area contributed by atoms with Crippen molar-refractivity contribution < 1.29 is 22.0 Å². The molecule has 4 aromatic heterocycles. The number of pyridine rings is 2. The molecule has 6 rings (SSSR count). The molecule has 0 atom stereocenters. The van der Waals surface area contributed by atoms with Crippen LogP contribution in [0.4, 0.5) is 8.78 Å². The summed E-state index contributed by atoms with van der Waals surface area (Å²) in [5.74, 6) is -2.35. The fraction of sp³-hybridized carbons (Fsp3) is 0.0938. The number of hydrogen-bond acceptors (Lipinski definition) is 6. The topological polar surface area (TPSA) is 91.0 Å². The van der Waals surface area contributed by atoms with E-state index >= 15 is 0 Å². The van der Waals surface area contributed by atoms with Crippen LogP contribution >= 0.6 is 22.9 Å². The molecule has 0 fully saturated rings. The van der Waals surface area contributed by atoms with E-state index in [-0.39, 0.29) is 34.9 Å². The van der Waals surface area contributed by atoms with E-state index < -0.39 is 27.2 Å². The highest BCUT2D eigenvalue weighted by molar-refractivity contribution is 7.90. The largest absolute Gasteiger partial charge is 0.310 e. The smallest absolute Gasteiger partial charge is 0.269 e. The van der Waals surface area contributed by atoms with Gasteiger partial charge in [-0.2, -0.15) is 0 Å². The Labute approximate surface area is 259 Å². The van der Waals surface area contributed by atoms with Gasteiger partial charge >= 0.3 is 0 Å². The number of halogens is 3. The van der Waals surface area contributed by atoms with E-state index in [0.717, 1.165) is 25.9 Å². The Balaban J connectivity index is 1.24. The van der Waals surface area contributed by atoms with E-state index in [9.17, 15) is 26.8 Å².